The number of para-hydroxylation sites is 2. The number of phenolic OH excluding ortho intramolecular Hbond substituents is 8. The Hall–Kier alpha value is -6.38. The van der Waals surface area contributed by atoms with Crippen LogP contribution in [-0.2, 0) is 12.8 Å². The molecule has 254 valence electrons. The summed E-state index contributed by atoms with van der Waals surface area (Å²) in [7, 11) is 0. The summed E-state index contributed by atoms with van der Waals surface area (Å²) in [5.41, 5.74) is 0.692. The Morgan fingerprint density at radius 3 is 1.54 bits per heavy atom. The molecule has 2 aliphatic heterocycles. The van der Waals surface area contributed by atoms with Gasteiger partial charge in [-0.15, -0.1) is 0 Å². The fourth-order valence-corrected chi connectivity index (χ4v) is 6.87. The van der Waals surface area contributed by atoms with Crippen molar-refractivity contribution in [1.29, 1.82) is 0 Å². The second kappa shape index (κ2) is 11.1. The lowest BCUT2D eigenvalue weighted by Gasteiger charge is -2.35. The van der Waals surface area contributed by atoms with E-state index < -0.39 is 47.4 Å². The zero-order valence-corrected chi connectivity index (χ0v) is 25.7. The van der Waals surface area contributed by atoms with Gasteiger partial charge in [0.15, 0.2) is 23.7 Å². The summed E-state index contributed by atoms with van der Waals surface area (Å²) < 4.78 is 12.3. The van der Waals surface area contributed by atoms with Gasteiger partial charge in [-0.3, -0.25) is 0 Å². The second-order valence-electron chi connectivity index (χ2n) is 12.3. The normalized spacial score (nSPS) is 19.8. The van der Waals surface area contributed by atoms with Crippen LogP contribution in [0, 0.1) is 0 Å². The van der Waals surface area contributed by atoms with E-state index in [0.717, 1.165) is 18.2 Å². The molecular formula is C36H28N2O12. The highest BCUT2D eigenvalue weighted by Gasteiger charge is 2.40. The molecule has 0 saturated carbocycles. The zero-order valence-electron chi connectivity index (χ0n) is 25.7. The third kappa shape index (κ3) is 4.72. The molecular weight excluding hydrogens is 652 g/mol. The Kier molecular flexibility index (Phi) is 6.85. The lowest BCUT2D eigenvalue weighted by Crippen LogP contribution is -2.32. The molecule has 3 heterocycles. The number of fused-ring (bicyclic) bond motifs is 4. The maximum Gasteiger partial charge on any atom is 0.200 e. The van der Waals surface area contributed by atoms with Crippen molar-refractivity contribution in [1.82, 2.24) is 9.97 Å². The predicted octanol–water partition coefficient (Wildman–Crippen LogP) is 4.17. The fraction of sp³-hybridized carbons (Fsp3) is 0.167. The molecule has 0 unspecified atom stereocenters. The Labute approximate surface area is 281 Å². The number of hydrogen-bond donors (Lipinski definition) is 10. The van der Waals surface area contributed by atoms with E-state index in [9.17, 15) is 51.1 Å². The van der Waals surface area contributed by atoms with E-state index in [1.165, 1.54) is 18.2 Å². The average Bonchev–Trinajstić information content (AvgIpc) is 3.07. The van der Waals surface area contributed by atoms with Crippen molar-refractivity contribution in [2.75, 3.05) is 0 Å². The summed E-state index contributed by atoms with van der Waals surface area (Å²) in [6, 6.07) is 13.7. The van der Waals surface area contributed by atoms with Crippen molar-refractivity contribution in [2.24, 2.45) is 0 Å². The fourth-order valence-electron chi connectivity index (χ4n) is 6.87. The number of benzene rings is 5. The molecule has 0 spiro atoms. The topological polar surface area (TPSA) is 247 Å². The van der Waals surface area contributed by atoms with Crippen LogP contribution in [0.25, 0.3) is 33.2 Å². The summed E-state index contributed by atoms with van der Waals surface area (Å²) in [5.74, 6) is -4.29. The van der Waals surface area contributed by atoms with Crippen LogP contribution in [-0.4, -0.2) is 73.2 Å². The van der Waals surface area contributed by atoms with Crippen LogP contribution in [0.15, 0.2) is 60.7 Å². The van der Waals surface area contributed by atoms with Crippen LogP contribution in [0.2, 0.25) is 0 Å². The SMILES string of the molecule is Oc1cc(O)c2c(c1)O[C@@H](c1cc(O)c(O)c(O)c1-c1c([C@@H]3Oc4cc(O)cc(O)c4C[C@@H]3O)cc(O)c3nc4ccccc4nc13)[C@@H](O)C2. The highest BCUT2D eigenvalue weighted by Crippen LogP contribution is 2.55. The third-order valence-corrected chi connectivity index (χ3v) is 9.15. The maximum absolute atomic E-state index is 11.7. The average molecular weight is 681 g/mol. The Balaban J connectivity index is 1.44. The number of ether oxygens (including phenoxy) is 2. The van der Waals surface area contributed by atoms with Gasteiger partial charge in [0.25, 0.3) is 0 Å². The van der Waals surface area contributed by atoms with Crippen molar-refractivity contribution < 1.29 is 60.5 Å². The van der Waals surface area contributed by atoms with Crippen molar-refractivity contribution >= 4 is 22.1 Å². The molecule has 8 rings (SSSR count). The predicted molar refractivity (Wildman–Crippen MR) is 175 cm³/mol. The smallest absolute Gasteiger partial charge is 0.200 e. The Bertz CT molecular complexity index is 2400. The second-order valence-corrected chi connectivity index (χ2v) is 12.3. The molecule has 4 atom stereocenters. The monoisotopic (exact) mass is 680 g/mol. The van der Waals surface area contributed by atoms with Gasteiger partial charge < -0.3 is 60.5 Å². The van der Waals surface area contributed by atoms with Gasteiger partial charge in [-0.05, 0) is 24.3 Å². The first-order chi connectivity index (χ1) is 23.9. The first-order valence-electron chi connectivity index (χ1n) is 15.4. The molecule has 0 fully saturated rings. The van der Waals surface area contributed by atoms with E-state index in [2.05, 4.69) is 4.98 Å². The molecule has 0 amide bonds. The molecule has 2 aliphatic rings. The summed E-state index contributed by atoms with van der Waals surface area (Å²) in [6.07, 6.45) is -5.94. The van der Waals surface area contributed by atoms with Crippen molar-refractivity contribution in [2.45, 2.75) is 37.3 Å². The molecule has 0 radical (unpaired) electrons. The van der Waals surface area contributed by atoms with Crippen molar-refractivity contribution in [3.05, 3.63) is 82.9 Å². The molecule has 14 heteroatoms. The molecule has 10 N–H and O–H groups in total. The maximum atomic E-state index is 11.7. The quantitative estimate of drug-likeness (QED) is 0.0931. The molecule has 0 aliphatic carbocycles. The van der Waals surface area contributed by atoms with Gasteiger partial charge in [-0.2, -0.15) is 0 Å². The first kappa shape index (κ1) is 30.9. The molecule has 1 aromatic heterocycles. The molecule has 0 bridgehead atoms. The number of rotatable bonds is 3. The minimum absolute atomic E-state index is 0.000337. The highest BCUT2D eigenvalue weighted by atomic mass is 16.5. The van der Waals surface area contributed by atoms with E-state index in [4.69, 9.17) is 14.5 Å². The molecule has 0 saturated heterocycles. The van der Waals surface area contributed by atoms with Crippen molar-refractivity contribution in [3.8, 4) is 68.6 Å². The number of aliphatic hydroxyl groups is 2. The van der Waals surface area contributed by atoms with Gasteiger partial charge in [-0.25, -0.2) is 9.97 Å². The van der Waals surface area contributed by atoms with Crippen LogP contribution < -0.4 is 9.47 Å². The number of aromatic hydroxyl groups is 8. The van der Waals surface area contributed by atoms with Crippen LogP contribution >= 0.6 is 0 Å². The Morgan fingerprint density at radius 2 is 1.00 bits per heavy atom. The van der Waals surface area contributed by atoms with Crippen LogP contribution in [0.1, 0.15) is 34.5 Å². The summed E-state index contributed by atoms with van der Waals surface area (Å²) in [4.78, 5) is 9.35. The van der Waals surface area contributed by atoms with Crippen LogP contribution in [0.5, 0.6) is 57.5 Å². The zero-order chi connectivity index (χ0) is 35.2. The largest absolute Gasteiger partial charge is 0.508 e. The first-order valence-corrected chi connectivity index (χ1v) is 15.4. The van der Waals surface area contributed by atoms with E-state index in [0.29, 0.717) is 11.0 Å². The van der Waals surface area contributed by atoms with Gasteiger partial charge >= 0.3 is 0 Å². The minimum atomic E-state index is -1.42. The van der Waals surface area contributed by atoms with Crippen molar-refractivity contribution in [3.63, 3.8) is 0 Å². The van der Waals surface area contributed by atoms with Gasteiger partial charge in [0.05, 0.1) is 23.2 Å². The van der Waals surface area contributed by atoms with Crippen LogP contribution in [0.3, 0.4) is 0 Å². The van der Waals surface area contributed by atoms with E-state index in [1.807, 2.05) is 0 Å². The van der Waals surface area contributed by atoms with Gasteiger partial charge in [0.1, 0.15) is 51.3 Å². The molecule has 5 aromatic carbocycles. The molecule has 6 aromatic rings. The van der Waals surface area contributed by atoms with Gasteiger partial charge in [0, 0.05) is 70.5 Å². The lowest BCUT2D eigenvalue weighted by molar-refractivity contribution is 0.0190. The number of aliphatic hydroxyl groups excluding tert-OH is 2. The third-order valence-electron chi connectivity index (χ3n) is 9.15. The summed E-state index contributed by atoms with van der Waals surface area (Å²) in [5, 5.41) is 109. The number of nitrogens with zero attached hydrogens (tertiary/aromatic N) is 2. The van der Waals surface area contributed by atoms with E-state index in [1.54, 1.807) is 24.3 Å². The van der Waals surface area contributed by atoms with E-state index in [-0.39, 0.29) is 91.8 Å². The molecule has 14 nitrogen and oxygen atoms in total. The van der Waals surface area contributed by atoms with E-state index >= 15 is 0 Å². The minimum Gasteiger partial charge on any atom is -0.508 e. The van der Waals surface area contributed by atoms with Gasteiger partial charge in [0.2, 0.25) is 5.75 Å². The molecule has 50 heavy (non-hydrogen) atoms. The Morgan fingerprint density at radius 1 is 0.520 bits per heavy atom. The summed E-state index contributed by atoms with van der Waals surface area (Å²) in [6.45, 7) is 0. The lowest BCUT2D eigenvalue weighted by atomic mass is 9.83. The number of aromatic nitrogens is 2. The number of hydrogen-bond acceptors (Lipinski definition) is 14. The number of phenols is 8. The van der Waals surface area contributed by atoms with Crippen LogP contribution in [0.4, 0.5) is 0 Å². The standard InChI is InChI=1S/C36H28N2O12/c39-13-5-21(41)15-9-25(45)35(49-27(15)7-13)17-11-23(43)31-32(38-20-4-2-1-3-19(20)37-31)29(17)30-18(12-24(44)33(47)34(30)48)36-26(46)10-16-22(42)6-14(40)8-28(16)50-36/h1-8,11-12,25-26,35-36,39-48H,9-10H2/t25-,26-,35-,36-/m0/s1. The summed E-state index contributed by atoms with van der Waals surface area (Å²) >= 11 is 0. The highest BCUT2D eigenvalue weighted by molar-refractivity contribution is 6.03. The van der Waals surface area contributed by atoms with Gasteiger partial charge in [-0.1, -0.05) is 12.1 Å².